The Balaban J connectivity index is 1.45. The van der Waals surface area contributed by atoms with Crippen LogP contribution in [0.3, 0.4) is 0 Å². The first-order valence-corrected chi connectivity index (χ1v) is 8.32. The monoisotopic (exact) mass is 297 g/mol. The number of rotatable bonds is 3. The number of hydrogen-bond donors (Lipinski definition) is 2. The molecule has 0 saturated heterocycles. The van der Waals surface area contributed by atoms with Gasteiger partial charge in [0, 0.05) is 24.2 Å². The first kappa shape index (κ1) is 13.8. The zero-order chi connectivity index (χ0) is 14.9. The lowest BCUT2D eigenvalue weighted by Gasteiger charge is -2.27. The van der Waals surface area contributed by atoms with E-state index in [-0.39, 0.29) is 0 Å². The lowest BCUT2D eigenvalue weighted by molar-refractivity contribution is 0.288. The first-order valence-electron chi connectivity index (χ1n) is 8.32. The standard InChI is InChI=1S/C18H23N3O/c1-12(13-5-7-18-14(9-13)3-2-8-22-18)20-16-6-4-15-11-19-21-17(15)10-16/h5,7,9,11-12,16,20H,2-4,6,8,10H2,1H3,(H,19,21). The average molecular weight is 297 g/mol. The third kappa shape index (κ3) is 2.63. The molecule has 22 heavy (non-hydrogen) atoms. The second kappa shape index (κ2) is 5.76. The molecule has 2 atom stereocenters. The molecule has 4 nitrogen and oxygen atoms in total. The second-order valence-electron chi connectivity index (χ2n) is 6.52. The van der Waals surface area contributed by atoms with Crippen molar-refractivity contribution in [1.82, 2.24) is 15.5 Å². The van der Waals surface area contributed by atoms with Crippen LogP contribution in [0.2, 0.25) is 0 Å². The number of aromatic nitrogens is 2. The van der Waals surface area contributed by atoms with Gasteiger partial charge in [0.15, 0.2) is 0 Å². The van der Waals surface area contributed by atoms with E-state index in [1.54, 1.807) is 0 Å². The Morgan fingerprint density at radius 1 is 1.32 bits per heavy atom. The van der Waals surface area contributed by atoms with Crippen LogP contribution in [0.4, 0.5) is 0 Å². The van der Waals surface area contributed by atoms with Gasteiger partial charge >= 0.3 is 0 Å². The highest BCUT2D eigenvalue weighted by atomic mass is 16.5. The Hall–Kier alpha value is -1.81. The molecule has 2 unspecified atom stereocenters. The normalized spacial score (nSPS) is 21.6. The lowest BCUT2D eigenvalue weighted by Crippen LogP contribution is -2.36. The molecule has 0 spiro atoms. The van der Waals surface area contributed by atoms with Crippen molar-refractivity contribution in [3.63, 3.8) is 0 Å². The molecule has 1 aliphatic heterocycles. The zero-order valence-corrected chi connectivity index (χ0v) is 13.1. The number of aromatic amines is 1. The summed E-state index contributed by atoms with van der Waals surface area (Å²) >= 11 is 0. The molecule has 0 bridgehead atoms. The number of hydrogen-bond acceptors (Lipinski definition) is 3. The van der Waals surface area contributed by atoms with Crippen LogP contribution in [0.5, 0.6) is 5.75 Å². The summed E-state index contributed by atoms with van der Waals surface area (Å²) in [4.78, 5) is 0. The summed E-state index contributed by atoms with van der Waals surface area (Å²) in [7, 11) is 0. The highest BCUT2D eigenvalue weighted by Gasteiger charge is 2.22. The van der Waals surface area contributed by atoms with E-state index in [2.05, 4.69) is 40.6 Å². The van der Waals surface area contributed by atoms with Crippen molar-refractivity contribution in [2.24, 2.45) is 0 Å². The van der Waals surface area contributed by atoms with Gasteiger partial charge in [0.1, 0.15) is 5.75 Å². The molecule has 2 heterocycles. The van der Waals surface area contributed by atoms with Gasteiger partial charge in [-0.25, -0.2) is 0 Å². The lowest BCUT2D eigenvalue weighted by atomic mass is 9.92. The van der Waals surface area contributed by atoms with E-state index >= 15 is 0 Å². The van der Waals surface area contributed by atoms with Gasteiger partial charge in [0.2, 0.25) is 0 Å². The quantitative estimate of drug-likeness (QED) is 0.916. The largest absolute Gasteiger partial charge is 0.493 e. The number of aryl methyl sites for hydroxylation is 2. The highest BCUT2D eigenvalue weighted by Crippen LogP contribution is 2.28. The van der Waals surface area contributed by atoms with Crippen molar-refractivity contribution >= 4 is 0 Å². The summed E-state index contributed by atoms with van der Waals surface area (Å²) in [6, 6.07) is 7.54. The van der Waals surface area contributed by atoms with Crippen molar-refractivity contribution < 1.29 is 4.74 Å². The fraction of sp³-hybridized carbons (Fsp3) is 0.500. The number of nitrogens with one attached hydrogen (secondary N) is 2. The molecule has 0 radical (unpaired) electrons. The highest BCUT2D eigenvalue weighted by molar-refractivity contribution is 5.39. The Morgan fingerprint density at radius 2 is 2.27 bits per heavy atom. The third-order valence-electron chi connectivity index (χ3n) is 4.94. The summed E-state index contributed by atoms with van der Waals surface area (Å²) < 4.78 is 5.71. The molecule has 0 fully saturated rings. The summed E-state index contributed by atoms with van der Waals surface area (Å²) in [5, 5.41) is 11.1. The average Bonchev–Trinajstić information content (AvgIpc) is 3.02. The van der Waals surface area contributed by atoms with Gasteiger partial charge in [-0.2, -0.15) is 5.10 Å². The van der Waals surface area contributed by atoms with Crippen LogP contribution in [0, 0.1) is 0 Å². The van der Waals surface area contributed by atoms with Gasteiger partial charge in [-0.3, -0.25) is 5.10 Å². The molecule has 1 aromatic carbocycles. The maximum Gasteiger partial charge on any atom is 0.122 e. The number of ether oxygens (including phenoxy) is 1. The van der Waals surface area contributed by atoms with Gasteiger partial charge in [-0.05, 0) is 55.4 Å². The van der Waals surface area contributed by atoms with Crippen molar-refractivity contribution in [3.05, 3.63) is 46.8 Å². The molecule has 2 aromatic rings. The minimum absolute atomic E-state index is 0.363. The minimum atomic E-state index is 0.363. The number of benzene rings is 1. The van der Waals surface area contributed by atoms with Crippen molar-refractivity contribution in [2.75, 3.05) is 6.61 Å². The second-order valence-corrected chi connectivity index (χ2v) is 6.52. The van der Waals surface area contributed by atoms with E-state index in [4.69, 9.17) is 4.74 Å². The number of nitrogens with zero attached hydrogens (tertiary/aromatic N) is 1. The molecular formula is C18H23N3O. The maximum atomic E-state index is 5.71. The van der Waals surface area contributed by atoms with Crippen LogP contribution >= 0.6 is 0 Å². The fourth-order valence-corrected chi connectivity index (χ4v) is 3.65. The van der Waals surface area contributed by atoms with E-state index in [9.17, 15) is 0 Å². The maximum absolute atomic E-state index is 5.71. The topological polar surface area (TPSA) is 49.9 Å². The van der Waals surface area contributed by atoms with Crippen LogP contribution in [0.25, 0.3) is 0 Å². The van der Waals surface area contributed by atoms with Crippen LogP contribution < -0.4 is 10.1 Å². The van der Waals surface area contributed by atoms with Gasteiger partial charge < -0.3 is 10.1 Å². The number of H-pyrrole nitrogens is 1. The Labute approximate surface area is 131 Å². The van der Waals surface area contributed by atoms with Crippen molar-refractivity contribution in [1.29, 1.82) is 0 Å². The van der Waals surface area contributed by atoms with E-state index in [0.29, 0.717) is 12.1 Å². The van der Waals surface area contributed by atoms with Crippen LogP contribution in [0.15, 0.2) is 24.4 Å². The SMILES string of the molecule is CC(NC1CCc2cn[nH]c2C1)c1ccc2c(c1)CCCO2. The molecule has 0 amide bonds. The molecule has 4 rings (SSSR count). The molecule has 2 aliphatic rings. The van der Waals surface area contributed by atoms with E-state index in [1.165, 1.54) is 28.8 Å². The van der Waals surface area contributed by atoms with Gasteiger partial charge in [-0.1, -0.05) is 12.1 Å². The Morgan fingerprint density at radius 3 is 3.23 bits per heavy atom. The summed E-state index contributed by atoms with van der Waals surface area (Å²) in [6.07, 6.45) is 7.59. The van der Waals surface area contributed by atoms with Gasteiger partial charge in [-0.15, -0.1) is 0 Å². The van der Waals surface area contributed by atoms with Crippen LogP contribution in [-0.4, -0.2) is 22.8 Å². The Bertz CT molecular complexity index is 664. The molecule has 0 saturated carbocycles. The van der Waals surface area contributed by atoms with Crippen molar-refractivity contribution in [3.8, 4) is 5.75 Å². The molecule has 116 valence electrons. The van der Waals surface area contributed by atoms with Crippen LogP contribution in [0.1, 0.15) is 48.2 Å². The van der Waals surface area contributed by atoms with E-state index in [1.807, 2.05) is 6.20 Å². The summed E-state index contributed by atoms with van der Waals surface area (Å²) in [6.45, 7) is 3.11. The molecule has 1 aromatic heterocycles. The summed E-state index contributed by atoms with van der Waals surface area (Å²) in [5.41, 5.74) is 5.41. The smallest absolute Gasteiger partial charge is 0.122 e. The minimum Gasteiger partial charge on any atom is -0.493 e. The number of fused-ring (bicyclic) bond motifs is 2. The van der Waals surface area contributed by atoms with Gasteiger partial charge in [0.05, 0.1) is 12.8 Å². The summed E-state index contributed by atoms with van der Waals surface area (Å²) in [5.74, 6) is 1.07. The third-order valence-corrected chi connectivity index (χ3v) is 4.94. The predicted molar refractivity (Wildman–Crippen MR) is 86.2 cm³/mol. The van der Waals surface area contributed by atoms with E-state index in [0.717, 1.165) is 38.0 Å². The molecular weight excluding hydrogens is 274 g/mol. The van der Waals surface area contributed by atoms with Crippen molar-refractivity contribution in [2.45, 2.75) is 51.1 Å². The molecule has 1 aliphatic carbocycles. The predicted octanol–water partition coefficient (Wildman–Crippen LogP) is 2.94. The Kier molecular flexibility index (Phi) is 3.62. The first-order chi connectivity index (χ1) is 10.8. The van der Waals surface area contributed by atoms with E-state index < -0.39 is 0 Å². The van der Waals surface area contributed by atoms with Gasteiger partial charge in [0.25, 0.3) is 0 Å². The zero-order valence-electron chi connectivity index (χ0n) is 13.1. The fourth-order valence-electron chi connectivity index (χ4n) is 3.65. The molecule has 2 N–H and O–H groups in total. The molecule has 4 heteroatoms. The van der Waals surface area contributed by atoms with Crippen LogP contribution in [-0.2, 0) is 19.3 Å².